The van der Waals surface area contributed by atoms with Crippen molar-refractivity contribution in [1.29, 1.82) is 0 Å². The van der Waals surface area contributed by atoms with Crippen molar-refractivity contribution in [2.45, 2.75) is 33.4 Å². The predicted octanol–water partition coefficient (Wildman–Crippen LogP) is 6.47. The van der Waals surface area contributed by atoms with Gasteiger partial charge in [0.25, 0.3) is 0 Å². The molecule has 0 atom stereocenters. The van der Waals surface area contributed by atoms with Crippen LogP contribution in [0, 0.1) is 6.92 Å². The van der Waals surface area contributed by atoms with E-state index in [1.807, 2.05) is 31.2 Å². The van der Waals surface area contributed by atoms with Crippen LogP contribution in [0.5, 0.6) is 17.2 Å². The Morgan fingerprint density at radius 2 is 1.81 bits per heavy atom. The van der Waals surface area contributed by atoms with E-state index >= 15 is 0 Å². The molecule has 4 aromatic rings. The summed E-state index contributed by atoms with van der Waals surface area (Å²) in [7, 11) is 0. The Morgan fingerprint density at radius 1 is 1.05 bits per heavy atom. The summed E-state index contributed by atoms with van der Waals surface area (Å²) in [4.78, 5) is 27.6. The number of ether oxygens (including phenoxy) is 3. The van der Waals surface area contributed by atoms with E-state index in [0.717, 1.165) is 17.5 Å². The van der Waals surface area contributed by atoms with Crippen LogP contribution in [0.2, 0.25) is 5.02 Å². The van der Waals surface area contributed by atoms with Crippen LogP contribution in [0.25, 0.3) is 11.0 Å². The summed E-state index contributed by atoms with van der Waals surface area (Å²) in [6.45, 7) is 5.64. The number of carbonyl (C=O) groups is 1. The van der Waals surface area contributed by atoms with Crippen LogP contribution in [0.3, 0.4) is 0 Å². The van der Waals surface area contributed by atoms with Crippen molar-refractivity contribution in [3.8, 4) is 17.2 Å². The van der Waals surface area contributed by atoms with Crippen molar-refractivity contribution in [2.24, 2.45) is 0 Å². The fraction of sp³-hybridized carbons (Fsp3) is 0.241. The lowest BCUT2D eigenvalue weighted by molar-refractivity contribution is 0.0505. The molecule has 0 unspecified atom stereocenters. The van der Waals surface area contributed by atoms with Crippen LogP contribution >= 0.6 is 11.6 Å². The highest BCUT2D eigenvalue weighted by molar-refractivity contribution is 6.30. The first kappa shape index (κ1) is 24.9. The lowest BCUT2D eigenvalue weighted by Crippen LogP contribution is -2.31. The van der Waals surface area contributed by atoms with Crippen molar-refractivity contribution < 1.29 is 23.4 Å². The third kappa shape index (κ3) is 5.33. The van der Waals surface area contributed by atoms with E-state index in [1.165, 1.54) is 0 Å². The molecule has 0 bridgehead atoms. The number of nitrogens with zero attached hydrogens (tertiary/aromatic N) is 1. The average molecular weight is 520 g/mol. The number of esters is 1. The molecule has 190 valence electrons. The molecule has 2 heterocycles. The van der Waals surface area contributed by atoms with Gasteiger partial charge in [0.15, 0.2) is 0 Å². The molecule has 37 heavy (non-hydrogen) atoms. The Kier molecular flexibility index (Phi) is 7.17. The predicted molar refractivity (Wildman–Crippen MR) is 141 cm³/mol. The first-order valence-corrected chi connectivity index (χ1v) is 12.4. The van der Waals surface area contributed by atoms with Crippen LogP contribution in [0.1, 0.15) is 40.6 Å². The van der Waals surface area contributed by atoms with Gasteiger partial charge in [-0.2, -0.15) is 0 Å². The molecule has 5 rings (SSSR count). The molecule has 3 aromatic carbocycles. The van der Waals surface area contributed by atoms with Crippen LogP contribution in [0.15, 0.2) is 69.9 Å². The Bertz CT molecular complexity index is 1490. The summed E-state index contributed by atoms with van der Waals surface area (Å²) in [5.41, 5.74) is 2.55. The molecule has 0 N–H and O–H groups in total. The van der Waals surface area contributed by atoms with Gasteiger partial charge < -0.3 is 18.6 Å². The average Bonchev–Trinajstić information content (AvgIpc) is 2.91. The van der Waals surface area contributed by atoms with Crippen molar-refractivity contribution in [3.63, 3.8) is 0 Å². The molecular formula is C29H26ClNO6. The molecule has 0 saturated carbocycles. The van der Waals surface area contributed by atoms with E-state index in [9.17, 15) is 9.59 Å². The molecule has 1 aromatic heterocycles. The van der Waals surface area contributed by atoms with Gasteiger partial charge >= 0.3 is 5.97 Å². The monoisotopic (exact) mass is 519 g/mol. The highest BCUT2D eigenvalue weighted by atomic mass is 35.5. The quantitative estimate of drug-likeness (QED) is 0.259. The minimum atomic E-state index is -0.396. The number of fused-ring (bicyclic) bond motifs is 3. The van der Waals surface area contributed by atoms with Gasteiger partial charge in [0.1, 0.15) is 29.6 Å². The molecule has 0 amide bonds. The normalized spacial score (nSPS) is 13.2. The summed E-state index contributed by atoms with van der Waals surface area (Å²) in [6, 6.07) is 17.6. The van der Waals surface area contributed by atoms with Crippen molar-refractivity contribution >= 4 is 28.5 Å². The van der Waals surface area contributed by atoms with Gasteiger partial charge in [-0.25, -0.2) is 4.79 Å². The lowest BCUT2D eigenvalue weighted by Gasteiger charge is -2.29. The van der Waals surface area contributed by atoms with Gasteiger partial charge in [0, 0.05) is 18.1 Å². The summed E-state index contributed by atoms with van der Waals surface area (Å²) in [5, 5.41) is 1.10. The molecule has 0 saturated heterocycles. The van der Waals surface area contributed by atoms with Gasteiger partial charge in [-0.05, 0) is 67.4 Å². The summed E-state index contributed by atoms with van der Waals surface area (Å²) >= 11 is 6.01. The third-order valence-corrected chi connectivity index (χ3v) is 6.35. The van der Waals surface area contributed by atoms with Crippen molar-refractivity contribution in [3.05, 3.63) is 98.4 Å². The lowest BCUT2D eigenvalue weighted by atomic mass is 10.1. The van der Waals surface area contributed by atoms with E-state index < -0.39 is 5.97 Å². The minimum absolute atomic E-state index is 0.100. The van der Waals surface area contributed by atoms with Crippen LogP contribution in [-0.4, -0.2) is 24.2 Å². The standard InChI is InChI=1S/C29H26ClNO6/c1-3-14-34-29(33)20-6-10-22(11-7-20)37-27-18(2)36-28-23(26(27)32)12-13-25-24(28)16-31(17-35-25)15-19-4-8-21(30)9-5-19/h4-13H,3,14-17H2,1-2H3. The van der Waals surface area contributed by atoms with Crippen molar-refractivity contribution in [1.82, 2.24) is 4.90 Å². The maximum atomic E-state index is 13.4. The molecule has 0 fully saturated rings. The molecule has 0 spiro atoms. The molecule has 8 heteroatoms. The molecular weight excluding hydrogens is 494 g/mol. The maximum Gasteiger partial charge on any atom is 0.338 e. The van der Waals surface area contributed by atoms with Gasteiger partial charge in [-0.1, -0.05) is 30.7 Å². The van der Waals surface area contributed by atoms with Crippen molar-refractivity contribution in [2.75, 3.05) is 13.3 Å². The van der Waals surface area contributed by atoms with E-state index in [0.29, 0.717) is 65.2 Å². The van der Waals surface area contributed by atoms with E-state index in [1.54, 1.807) is 43.3 Å². The van der Waals surface area contributed by atoms with Gasteiger partial charge in [0.05, 0.1) is 23.1 Å². The second kappa shape index (κ2) is 10.7. The fourth-order valence-corrected chi connectivity index (χ4v) is 4.35. The number of halogens is 1. The van der Waals surface area contributed by atoms with E-state index in [2.05, 4.69) is 4.90 Å². The maximum absolute atomic E-state index is 13.4. The number of aryl methyl sites for hydroxylation is 1. The zero-order valence-electron chi connectivity index (χ0n) is 20.6. The second-order valence-corrected chi connectivity index (χ2v) is 9.32. The SMILES string of the molecule is CCCOC(=O)c1ccc(Oc2c(C)oc3c4c(ccc3c2=O)OCN(Cc2ccc(Cl)cc2)C4)cc1. The molecule has 0 radical (unpaired) electrons. The number of hydrogen-bond acceptors (Lipinski definition) is 7. The van der Waals surface area contributed by atoms with Gasteiger partial charge in [-0.15, -0.1) is 0 Å². The molecule has 0 aliphatic carbocycles. The summed E-state index contributed by atoms with van der Waals surface area (Å²) in [5.74, 6) is 1.17. The number of hydrogen-bond donors (Lipinski definition) is 0. The van der Waals surface area contributed by atoms with E-state index in [-0.39, 0.29) is 11.2 Å². The van der Waals surface area contributed by atoms with Gasteiger partial charge in [-0.3, -0.25) is 9.69 Å². The van der Waals surface area contributed by atoms with Crippen LogP contribution in [-0.2, 0) is 17.8 Å². The Labute approximate surface area is 219 Å². The minimum Gasteiger partial charge on any atom is -0.478 e. The zero-order valence-corrected chi connectivity index (χ0v) is 21.3. The first-order valence-electron chi connectivity index (χ1n) is 12.1. The second-order valence-electron chi connectivity index (χ2n) is 8.88. The number of rotatable bonds is 7. The first-order chi connectivity index (χ1) is 17.9. The Balaban J connectivity index is 1.40. The number of carbonyl (C=O) groups excluding carboxylic acids is 1. The number of benzene rings is 3. The zero-order chi connectivity index (χ0) is 25.9. The third-order valence-electron chi connectivity index (χ3n) is 6.09. The Morgan fingerprint density at radius 3 is 2.54 bits per heavy atom. The molecule has 1 aliphatic rings. The highest BCUT2D eigenvalue weighted by Crippen LogP contribution is 2.34. The molecule has 1 aliphatic heterocycles. The molecule has 7 nitrogen and oxygen atoms in total. The van der Waals surface area contributed by atoms with E-state index in [4.69, 9.17) is 30.2 Å². The smallest absolute Gasteiger partial charge is 0.338 e. The van der Waals surface area contributed by atoms with Gasteiger partial charge in [0.2, 0.25) is 11.2 Å². The highest BCUT2D eigenvalue weighted by Gasteiger charge is 2.24. The van der Waals surface area contributed by atoms with Crippen LogP contribution < -0.4 is 14.9 Å². The Hall–Kier alpha value is -3.81. The largest absolute Gasteiger partial charge is 0.478 e. The fourth-order valence-electron chi connectivity index (χ4n) is 4.22. The topological polar surface area (TPSA) is 78.2 Å². The summed E-state index contributed by atoms with van der Waals surface area (Å²) < 4.78 is 23.2. The summed E-state index contributed by atoms with van der Waals surface area (Å²) in [6.07, 6.45) is 0.750. The van der Waals surface area contributed by atoms with Crippen LogP contribution in [0.4, 0.5) is 0 Å².